The van der Waals surface area contributed by atoms with E-state index in [1.165, 1.54) is 0 Å². The van der Waals surface area contributed by atoms with E-state index in [1.807, 2.05) is 43.5 Å². The molecule has 3 aliphatic rings. The van der Waals surface area contributed by atoms with Crippen molar-refractivity contribution in [3.8, 4) is 10.4 Å². The largest absolute Gasteiger partial charge is 0.368 e. The lowest BCUT2D eigenvalue weighted by molar-refractivity contribution is -0.160. The highest BCUT2D eigenvalue weighted by molar-refractivity contribution is 7.13. The van der Waals surface area contributed by atoms with Gasteiger partial charge in [0.05, 0.1) is 12.6 Å². The maximum atomic E-state index is 13.9. The van der Waals surface area contributed by atoms with Gasteiger partial charge in [0.2, 0.25) is 5.91 Å². The van der Waals surface area contributed by atoms with Gasteiger partial charge in [0.25, 0.3) is 11.8 Å². The van der Waals surface area contributed by atoms with Crippen molar-refractivity contribution in [1.29, 1.82) is 0 Å². The normalized spacial score (nSPS) is 22.9. The van der Waals surface area contributed by atoms with Crippen molar-refractivity contribution < 1.29 is 23.9 Å². The summed E-state index contributed by atoms with van der Waals surface area (Å²) in [6.45, 7) is 4.39. The minimum absolute atomic E-state index is 0.000845. The van der Waals surface area contributed by atoms with Crippen LogP contribution in [0.5, 0.6) is 0 Å². The number of carbonyl (C=O) groups excluding carboxylic acids is 4. The van der Waals surface area contributed by atoms with E-state index in [1.54, 1.807) is 40.4 Å². The third-order valence-electron chi connectivity index (χ3n) is 8.67. The number of benzene rings is 1. The van der Waals surface area contributed by atoms with Crippen molar-refractivity contribution >= 4 is 34.8 Å². The molecular formula is C31H39N3O5S. The fourth-order valence-electron chi connectivity index (χ4n) is 6.59. The van der Waals surface area contributed by atoms with Gasteiger partial charge in [-0.1, -0.05) is 51.3 Å². The molecule has 3 atom stereocenters. The van der Waals surface area contributed by atoms with E-state index in [0.717, 1.165) is 29.7 Å². The van der Waals surface area contributed by atoms with Gasteiger partial charge in [0.15, 0.2) is 5.78 Å². The van der Waals surface area contributed by atoms with Crippen LogP contribution in [0.15, 0.2) is 41.8 Å². The van der Waals surface area contributed by atoms with Crippen molar-refractivity contribution in [3.63, 3.8) is 0 Å². The van der Waals surface area contributed by atoms with E-state index < -0.39 is 17.7 Å². The number of Topliss-reactive ketones (excluding diaryl/α,β-unsaturated/α-hetero) is 1. The van der Waals surface area contributed by atoms with Gasteiger partial charge < -0.3 is 19.9 Å². The van der Waals surface area contributed by atoms with Crippen LogP contribution in [0.4, 0.5) is 0 Å². The molecule has 1 aromatic carbocycles. The zero-order valence-corrected chi connectivity index (χ0v) is 24.4. The summed E-state index contributed by atoms with van der Waals surface area (Å²) < 4.78 is 5.78. The predicted octanol–water partition coefficient (Wildman–Crippen LogP) is 4.29. The van der Waals surface area contributed by atoms with Gasteiger partial charge in [-0.2, -0.15) is 0 Å². The smallest absolute Gasteiger partial charge is 0.255 e. The quantitative estimate of drug-likeness (QED) is 0.515. The number of fused-ring (bicyclic) bond motifs is 1. The first-order valence-electron chi connectivity index (χ1n) is 14.4. The van der Waals surface area contributed by atoms with E-state index in [9.17, 15) is 19.2 Å². The van der Waals surface area contributed by atoms with Gasteiger partial charge in [-0.15, -0.1) is 11.3 Å². The lowest BCUT2D eigenvalue weighted by Gasteiger charge is -2.38. The number of carbonyl (C=O) groups is 4. The van der Waals surface area contributed by atoms with Crippen LogP contribution in [0.2, 0.25) is 0 Å². The number of likely N-dealkylation sites (tertiary alicyclic amines) is 2. The topological polar surface area (TPSA) is 96.0 Å². The monoisotopic (exact) mass is 565 g/mol. The highest BCUT2D eigenvalue weighted by Crippen LogP contribution is 2.38. The maximum Gasteiger partial charge on any atom is 0.255 e. The predicted molar refractivity (Wildman–Crippen MR) is 154 cm³/mol. The van der Waals surface area contributed by atoms with Crippen LogP contribution in [0, 0.1) is 5.92 Å². The number of nitrogens with zero attached hydrogens (tertiary/aromatic N) is 2. The molecule has 1 N–H and O–H groups in total. The summed E-state index contributed by atoms with van der Waals surface area (Å²) in [7, 11) is 1.58. The molecule has 8 nitrogen and oxygen atoms in total. The highest BCUT2D eigenvalue weighted by atomic mass is 32.1. The molecule has 3 fully saturated rings. The molecule has 9 heteroatoms. The molecule has 2 saturated heterocycles. The second-order valence-corrected chi connectivity index (χ2v) is 12.6. The van der Waals surface area contributed by atoms with E-state index in [4.69, 9.17) is 4.74 Å². The second kappa shape index (κ2) is 11.8. The van der Waals surface area contributed by atoms with Crippen molar-refractivity contribution in [3.05, 3.63) is 47.3 Å². The third-order valence-corrected chi connectivity index (χ3v) is 9.59. The molecule has 5 rings (SSSR count). The van der Waals surface area contributed by atoms with Gasteiger partial charge in [0.1, 0.15) is 17.7 Å². The first kappa shape index (κ1) is 28.5. The average Bonchev–Trinajstić information content (AvgIpc) is 3.71. The number of ether oxygens (including phenoxy) is 1. The van der Waals surface area contributed by atoms with Crippen LogP contribution in [0.1, 0.15) is 69.2 Å². The molecule has 3 heterocycles. The number of amides is 3. The number of hydrogen-bond donors (Lipinski definition) is 1. The van der Waals surface area contributed by atoms with Crippen molar-refractivity contribution in [2.75, 3.05) is 20.2 Å². The molecule has 0 bridgehead atoms. The number of methoxy groups -OCH3 is 1. The van der Waals surface area contributed by atoms with Crippen LogP contribution in [0.3, 0.4) is 0 Å². The Morgan fingerprint density at radius 2 is 1.80 bits per heavy atom. The molecule has 214 valence electrons. The Hall–Kier alpha value is -3.04. The van der Waals surface area contributed by atoms with Crippen molar-refractivity contribution in [2.45, 2.75) is 82.5 Å². The molecule has 40 heavy (non-hydrogen) atoms. The minimum Gasteiger partial charge on any atom is -0.368 e. The van der Waals surface area contributed by atoms with Crippen LogP contribution in [-0.4, -0.2) is 77.2 Å². The SMILES string of the molecule is COC1(C(=O)N2CC(=O)C3C2CCN3C(=O)C(CC(C)C)NC(=O)c2ccc(-c3cccs3)cc2)CCCCC1. The van der Waals surface area contributed by atoms with Gasteiger partial charge >= 0.3 is 0 Å². The first-order valence-corrected chi connectivity index (χ1v) is 15.3. The molecule has 1 aromatic heterocycles. The van der Waals surface area contributed by atoms with Crippen LogP contribution < -0.4 is 5.32 Å². The second-order valence-electron chi connectivity index (χ2n) is 11.7. The Kier molecular flexibility index (Phi) is 8.42. The Morgan fingerprint density at radius 1 is 1.07 bits per heavy atom. The zero-order valence-electron chi connectivity index (χ0n) is 23.6. The van der Waals surface area contributed by atoms with Gasteiger partial charge in [-0.25, -0.2) is 0 Å². The molecule has 2 aromatic rings. The van der Waals surface area contributed by atoms with E-state index in [0.29, 0.717) is 37.8 Å². The van der Waals surface area contributed by atoms with Crippen LogP contribution in [0.25, 0.3) is 10.4 Å². The molecule has 3 unspecified atom stereocenters. The number of rotatable bonds is 8. The average molecular weight is 566 g/mol. The first-order chi connectivity index (χ1) is 19.2. The van der Waals surface area contributed by atoms with E-state index >= 15 is 0 Å². The summed E-state index contributed by atoms with van der Waals surface area (Å²) in [5, 5.41) is 4.96. The summed E-state index contributed by atoms with van der Waals surface area (Å²) in [6.07, 6.45) is 5.23. The fourth-order valence-corrected chi connectivity index (χ4v) is 7.33. The number of nitrogens with one attached hydrogen (secondary N) is 1. The van der Waals surface area contributed by atoms with Crippen LogP contribution in [-0.2, 0) is 19.1 Å². The minimum atomic E-state index is -0.877. The van der Waals surface area contributed by atoms with Crippen LogP contribution >= 0.6 is 11.3 Å². The Bertz CT molecular complexity index is 1240. The molecule has 0 radical (unpaired) electrons. The van der Waals surface area contributed by atoms with Gasteiger partial charge in [0, 0.05) is 24.1 Å². The summed E-state index contributed by atoms with van der Waals surface area (Å²) in [5.41, 5.74) is 0.636. The Labute approximate surface area is 240 Å². The summed E-state index contributed by atoms with van der Waals surface area (Å²) >= 11 is 1.63. The van der Waals surface area contributed by atoms with Crippen molar-refractivity contribution in [2.24, 2.45) is 5.92 Å². The molecule has 2 aliphatic heterocycles. The Balaban J connectivity index is 1.30. The summed E-state index contributed by atoms with van der Waals surface area (Å²) in [4.78, 5) is 58.4. The van der Waals surface area contributed by atoms with E-state index in [2.05, 4.69) is 5.32 Å². The van der Waals surface area contributed by atoms with Crippen molar-refractivity contribution in [1.82, 2.24) is 15.1 Å². The lowest BCUT2D eigenvalue weighted by Crippen LogP contribution is -2.54. The zero-order chi connectivity index (χ0) is 28.4. The highest BCUT2D eigenvalue weighted by Gasteiger charge is 2.55. The molecule has 0 spiro atoms. The molecule has 3 amide bonds. The number of hydrogen-bond acceptors (Lipinski definition) is 6. The number of ketones is 1. The maximum absolute atomic E-state index is 13.9. The third kappa shape index (κ3) is 5.46. The molecule has 1 aliphatic carbocycles. The lowest BCUT2D eigenvalue weighted by atomic mass is 9.83. The Morgan fingerprint density at radius 3 is 2.42 bits per heavy atom. The fraction of sp³-hybridized carbons (Fsp3) is 0.548. The molecular weight excluding hydrogens is 526 g/mol. The summed E-state index contributed by atoms with van der Waals surface area (Å²) in [6, 6.07) is 9.60. The van der Waals surface area contributed by atoms with E-state index in [-0.39, 0.29) is 42.0 Å². The molecule has 1 saturated carbocycles. The van der Waals surface area contributed by atoms with Gasteiger partial charge in [-0.05, 0) is 60.7 Å². The summed E-state index contributed by atoms with van der Waals surface area (Å²) in [5.74, 6) is -0.667. The number of thiophene rings is 1. The standard InChI is InChI=1S/C31H39N3O5S/c1-20(2)18-23(32-28(36)22-11-9-21(10-12-22)26-8-7-17-40-26)29(37)33-16-13-24-27(33)25(35)19-34(24)30(38)31(39-3)14-5-4-6-15-31/h7-12,17,20,23-24,27H,4-6,13-16,18-19H2,1-3H3,(H,32,36). The van der Waals surface area contributed by atoms with Gasteiger partial charge in [-0.3, -0.25) is 19.2 Å².